The van der Waals surface area contributed by atoms with Crippen molar-refractivity contribution in [3.63, 3.8) is 0 Å². The minimum Gasteiger partial charge on any atom is -0.467 e. The molecule has 1 unspecified atom stereocenters. The van der Waals surface area contributed by atoms with E-state index < -0.39 is 6.04 Å². The number of benzene rings is 1. The number of nitrogens with two attached hydrogens (primary N) is 1. The normalized spacial score (nSPS) is 15.0. The molecule has 116 valence electrons. The monoisotopic (exact) mass is 331 g/mol. The topological polar surface area (TPSA) is 70.8 Å². The predicted octanol–water partition coefficient (Wildman–Crippen LogP) is 2.33. The molecule has 1 atom stereocenters. The summed E-state index contributed by atoms with van der Waals surface area (Å²) in [6, 6.07) is 3.10. The molecule has 0 aromatic heterocycles. The zero-order valence-electron chi connectivity index (χ0n) is 11.8. The van der Waals surface area contributed by atoms with Gasteiger partial charge in [0.25, 0.3) is 0 Å². The number of rotatable bonds is 6. The average molecular weight is 332 g/mol. The minimum atomic E-state index is -0.616. The van der Waals surface area contributed by atoms with Gasteiger partial charge in [-0.15, -0.1) is 0 Å². The van der Waals surface area contributed by atoms with Crippen LogP contribution in [0.1, 0.15) is 18.1 Å². The van der Waals surface area contributed by atoms with E-state index in [-0.39, 0.29) is 12.8 Å². The van der Waals surface area contributed by atoms with Crippen LogP contribution in [0.5, 0.6) is 5.75 Å². The Bertz CT molecular complexity index is 512. The third-order valence-corrected chi connectivity index (χ3v) is 4.22. The van der Waals surface area contributed by atoms with Crippen LogP contribution in [0.15, 0.2) is 12.1 Å². The van der Waals surface area contributed by atoms with Gasteiger partial charge in [0, 0.05) is 27.7 Å². The molecule has 7 heteroatoms. The molecule has 0 amide bonds. The van der Waals surface area contributed by atoms with E-state index in [0.717, 1.165) is 16.9 Å². The summed E-state index contributed by atoms with van der Waals surface area (Å²) in [5.41, 5.74) is 7.69. The largest absolute Gasteiger partial charge is 0.467 e. The lowest BCUT2D eigenvalue weighted by Gasteiger charge is -2.21. The van der Waals surface area contributed by atoms with Crippen molar-refractivity contribution in [1.82, 2.24) is 0 Å². The van der Waals surface area contributed by atoms with E-state index in [0.29, 0.717) is 29.7 Å². The molecule has 21 heavy (non-hydrogen) atoms. The first-order chi connectivity index (χ1) is 10.1. The maximum Gasteiger partial charge on any atom is 0.323 e. The number of thioether (sulfide) groups is 1. The zero-order chi connectivity index (χ0) is 15.2. The van der Waals surface area contributed by atoms with Gasteiger partial charge >= 0.3 is 5.97 Å². The lowest BCUT2D eigenvalue weighted by atomic mass is 10.1. The van der Waals surface area contributed by atoms with Crippen LogP contribution in [0, 0.1) is 0 Å². The summed E-state index contributed by atoms with van der Waals surface area (Å²) in [5.74, 6) is 1.60. The number of ether oxygens (including phenoxy) is 3. The average Bonchev–Trinajstić information content (AvgIpc) is 2.47. The van der Waals surface area contributed by atoms with E-state index in [1.54, 1.807) is 18.7 Å². The van der Waals surface area contributed by atoms with Crippen molar-refractivity contribution in [2.24, 2.45) is 5.73 Å². The molecular weight excluding hydrogens is 314 g/mol. The Labute approximate surface area is 133 Å². The van der Waals surface area contributed by atoms with Gasteiger partial charge in [-0.2, -0.15) is 11.8 Å². The van der Waals surface area contributed by atoms with Crippen molar-refractivity contribution in [3.05, 3.63) is 28.3 Å². The summed E-state index contributed by atoms with van der Waals surface area (Å²) in [6.07, 6.45) is 0. The van der Waals surface area contributed by atoms with Gasteiger partial charge in [0.05, 0.1) is 13.2 Å². The maximum atomic E-state index is 11.4. The van der Waals surface area contributed by atoms with Crippen LogP contribution >= 0.6 is 23.4 Å². The van der Waals surface area contributed by atoms with E-state index >= 15 is 0 Å². The Hall–Kier alpha value is -0.950. The Morgan fingerprint density at radius 2 is 2.38 bits per heavy atom. The third kappa shape index (κ3) is 4.51. The molecule has 2 N–H and O–H groups in total. The lowest BCUT2D eigenvalue weighted by Crippen LogP contribution is -2.34. The Balaban J connectivity index is 1.94. The molecule has 0 spiro atoms. The van der Waals surface area contributed by atoms with Gasteiger partial charge in [0.1, 0.15) is 11.8 Å². The van der Waals surface area contributed by atoms with Crippen LogP contribution in [-0.4, -0.2) is 31.2 Å². The third-order valence-electron chi connectivity index (χ3n) is 2.90. The Morgan fingerprint density at radius 1 is 1.57 bits per heavy atom. The molecule has 0 bridgehead atoms. The minimum absolute atomic E-state index is 0.245. The SMILES string of the molecule is CCOC(=O)C(N)CSCc1cc(Cl)cc2c1OCOC2. The van der Waals surface area contributed by atoms with Crippen LogP contribution in [0.4, 0.5) is 0 Å². The molecule has 1 aromatic rings. The van der Waals surface area contributed by atoms with Gasteiger partial charge < -0.3 is 19.9 Å². The second-order valence-electron chi connectivity index (χ2n) is 4.54. The fraction of sp³-hybridized carbons (Fsp3) is 0.500. The standard InChI is InChI=1S/C14H18ClNO4S/c1-2-19-14(17)12(16)7-21-6-10-4-11(15)3-9-5-18-8-20-13(9)10/h3-4,12H,2,5-8,16H2,1H3. The summed E-state index contributed by atoms with van der Waals surface area (Å²) >= 11 is 7.64. The number of carbonyl (C=O) groups is 1. The second kappa shape index (κ2) is 7.89. The van der Waals surface area contributed by atoms with Crippen molar-refractivity contribution in [1.29, 1.82) is 0 Å². The molecule has 0 aliphatic carbocycles. The molecule has 0 saturated heterocycles. The molecule has 0 saturated carbocycles. The van der Waals surface area contributed by atoms with Crippen LogP contribution in [0.3, 0.4) is 0 Å². The highest BCUT2D eigenvalue weighted by molar-refractivity contribution is 7.98. The van der Waals surface area contributed by atoms with Crippen molar-refractivity contribution in [2.45, 2.75) is 25.3 Å². The highest BCUT2D eigenvalue weighted by Gasteiger charge is 2.18. The lowest BCUT2D eigenvalue weighted by molar-refractivity contribution is -0.144. The highest BCUT2D eigenvalue weighted by atomic mass is 35.5. The van der Waals surface area contributed by atoms with E-state index in [2.05, 4.69) is 0 Å². The van der Waals surface area contributed by atoms with Crippen LogP contribution in [0.2, 0.25) is 5.02 Å². The summed E-state index contributed by atoms with van der Waals surface area (Å²) in [6.45, 7) is 2.84. The van der Waals surface area contributed by atoms with E-state index in [1.807, 2.05) is 12.1 Å². The van der Waals surface area contributed by atoms with Gasteiger partial charge in [0.2, 0.25) is 0 Å². The van der Waals surface area contributed by atoms with Crippen molar-refractivity contribution in [2.75, 3.05) is 19.2 Å². The number of fused-ring (bicyclic) bond motifs is 1. The number of esters is 1. The zero-order valence-corrected chi connectivity index (χ0v) is 13.3. The van der Waals surface area contributed by atoms with E-state index in [9.17, 15) is 4.79 Å². The van der Waals surface area contributed by atoms with Gasteiger partial charge in [-0.05, 0) is 19.1 Å². The Kier molecular flexibility index (Phi) is 6.17. The fourth-order valence-corrected chi connectivity index (χ4v) is 3.18. The smallest absolute Gasteiger partial charge is 0.323 e. The van der Waals surface area contributed by atoms with Gasteiger partial charge in [-0.25, -0.2) is 0 Å². The first-order valence-corrected chi connectivity index (χ1v) is 8.17. The van der Waals surface area contributed by atoms with E-state index in [1.165, 1.54) is 0 Å². The summed E-state index contributed by atoms with van der Waals surface area (Å²) in [5, 5.41) is 0.646. The molecule has 0 radical (unpaired) electrons. The van der Waals surface area contributed by atoms with Crippen LogP contribution in [-0.2, 0) is 26.6 Å². The van der Waals surface area contributed by atoms with Crippen LogP contribution in [0.25, 0.3) is 0 Å². The number of hydrogen-bond donors (Lipinski definition) is 1. The predicted molar refractivity (Wildman–Crippen MR) is 82.5 cm³/mol. The quantitative estimate of drug-likeness (QED) is 0.807. The highest BCUT2D eigenvalue weighted by Crippen LogP contribution is 2.33. The molecule has 0 fully saturated rings. The van der Waals surface area contributed by atoms with Gasteiger partial charge in [-0.1, -0.05) is 11.6 Å². The number of hydrogen-bond acceptors (Lipinski definition) is 6. The first kappa shape index (κ1) is 16.4. The number of halogens is 1. The van der Waals surface area contributed by atoms with Crippen molar-refractivity contribution in [3.8, 4) is 5.75 Å². The molecular formula is C14H18ClNO4S. The molecule has 2 rings (SSSR count). The second-order valence-corrected chi connectivity index (χ2v) is 6.00. The first-order valence-electron chi connectivity index (χ1n) is 6.63. The van der Waals surface area contributed by atoms with Crippen molar-refractivity contribution < 1.29 is 19.0 Å². The maximum absolute atomic E-state index is 11.4. The van der Waals surface area contributed by atoms with Gasteiger partial charge in [-0.3, -0.25) is 4.79 Å². The summed E-state index contributed by atoms with van der Waals surface area (Å²) in [4.78, 5) is 11.4. The molecule has 1 aliphatic rings. The summed E-state index contributed by atoms with van der Waals surface area (Å²) in [7, 11) is 0. The Morgan fingerprint density at radius 3 is 3.14 bits per heavy atom. The van der Waals surface area contributed by atoms with Gasteiger partial charge in [0.15, 0.2) is 6.79 Å². The molecule has 1 aromatic carbocycles. The molecule has 1 heterocycles. The summed E-state index contributed by atoms with van der Waals surface area (Å²) < 4.78 is 15.7. The molecule has 1 aliphatic heterocycles. The fourth-order valence-electron chi connectivity index (χ4n) is 1.98. The molecule has 5 nitrogen and oxygen atoms in total. The van der Waals surface area contributed by atoms with Crippen molar-refractivity contribution >= 4 is 29.3 Å². The van der Waals surface area contributed by atoms with Crippen LogP contribution < -0.4 is 10.5 Å². The van der Waals surface area contributed by atoms with E-state index in [4.69, 9.17) is 31.5 Å². The number of carbonyl (C=O) groups excluding carboxylic acids is 1.